The Labute approximate surface area is 183 Å². The van der Waals surface area contributed by atoms with Crippen molar-refractivity contribution in [2.24, 2.45) is 0 Å². The van der Waals surface area contributed by atoms with E-state index in [0.29, 0.717) is 9.16 Å². The van der Waals surface area contributed by atoms with Crippen molar-refractivity contribution >= 4 is 72.3 Å². The maximum absolute atomic E-state index is 4.44. The van der Waals surface area contributed by atoms with Gasteiger partial charge in [-0.2, -0.15) is 25.3 Å². The zero-order chi connectivity index (χ0) is 17.9. The molecule has 0 N–H and O–H groups in total. The van der Waals surface area contributed by atoms with Gasteiger partial charge in [0.2, 0.25) is 0 Å². The Balaban J connectivity index is 1.69. The van der Waals surface area contributed by atoms with Crippen LogP contribution >= 0.6 is 72.3 Å². The van der Waals surface area contributed by atoms with Gasteiger partial charge in [0.05, 0.1) is 9.16 Å². The third kappa shape index (κ3) is 4.06. The second-order valence-electron chi connectivity index (χ2n) is 5.83. The van der Waals surface area contributed by atoms with Gasteiger partial charge in [0.15, 0.2) is 0 Å². The van der Waals surface area contributed by atoms with E-state index in [2.05, 4.69) is 84.6 Å². The van der Waals surface area contributed by atoms with Crippen LogP contribution < -0.4 is 0 Å². The molecule has 2 aliphatic rings. The smallest absolute Gasteiger partial charge is 0.0843 e. The third-order valence-electron chi connectivity index (χ3n) is 4.19. The minimum Gasteiger partial charge on any atom is -0.174 e. The molecule has 0 amide bonds. The van der Waals surface area contributed by atoms with Gasteiger partial charge < -0.3 is 0 Å². The molecule has 0 saturated heterocycles. The molecule has 6 heteroatoms. The van der Waals surface area contributed by atoms with Crippen molar-refractivity contribution in [1.29, 1.82) is 0 Å². The predicted molar refractivity (Wildman–Crippen MR) is 132 cm³/mol. The van der Waals surface area contributed by atoms with Crippen molar-refractivity contribution in [2.45, 2.75) is 9.16 Å². The van der Waals surface area contributed by atoms with Crippen LogP contribution in [0.15, 0.2) is 69.2 Å². The van der Waals surface area contributed by atoms with E-state index in [9.17, 15) is 0 Å². The van der Waals surface area contributed by atoms with E-state index in [1.165, 1.54) is 32.1 Å². The number of rotatable bonds is 5. The minimum atomic E-state index is 0.413. The Kier molecular flexibility index (Phi) is 6.70. The first-order chi connectivity index (χ1) is 12.8. The number of benzene rings is 2. The molecular formula is C20H18S6. The van der Waals surface area contributed by atoms with E-state index < -0.39 is 0 Å². The van der Waals surface area contributed by atoms with Crippen molar-refractivity contribution in [3.8, 4) is 11.1 Å². The molecule has 0 nitrogen and oxygen atoms in total. The zero-order valence-electron chi connectivity index (χ0n) is 13.9. The van der Waals surface area contributed by atoms with E-state index in [-0.39, 0.29) is 0 Å². The molecule has 0 saturated carbocycles. The lowest BCUT2D eigenvalue weighted by molar-refractivity contribution is 1.34. The summed E-state index contributed by atoms with van der Waals surface area (Å²) in [5, 5.41) is 4.52. The van der Waals surface area contributed by atoms with Gasteiger partial charge in [-0.15, -0.1) is 47.0 Å². The lowest BCUT2D eigenvalue weighted by Crippen LogP contribution is -1.96. The molecule has 2 aromatic rings. The van der Waals surface area contributed by atoms with Crippen LogP contribution in [0.25, 0.3) is 11.1 Å². The van der Waals surface area contributed by atoms with E-state index in [1.807, 2.05) is 47.0 Å². The number of thiol groups is 2. The lowest BCUT2D eigenvalue weighted by Gasteiger charge is -2.20. The Morgan fingerprint density at radius 2 is 1.08 bits per heavy atom. The van der Waals surface area contributed by atoms with Crippen LogP contribution in [-0.2, 0) is 0 Å². The first kappa shape index (κ1) is 19.3. The summed E-state index contributed by atoms with van der Waals surface area (Å²) in [7, 11) is 0. The number of thioether (sulfide) groups is 4. The highest BCUT2D eigenvalue weighted by molar-refractivity contribution is 8.23. The van der Waals surface area contributed by atoms with Gasteiger partial charge in [0.25, 0.3) is 0 Å². The van der Waals surface area contributed by atoms with Gasteiger partial charge in [-0.1, -0.05) is 48.5 Å². The Morgan fingerprint density at radius 3 is 1.46 bits per heavy atom. The summed E-state index contributed by atoms with van der Waals surface area (Å²) in [5.41, 5.74) is 5.50. The molecule has 0 radical (unpaired) electrons. The summed E-state index contributed by atoms with van der Waals surface area (Å²) in [5.74, 6) is 1.64. The first-order valence-corrected chi connectivity index (χ1v) is 13.1. The van der Waals surface area contributed by atoms with Crippen LogP contribution in [0.1, 0.15) is 20.3 Å². The SMILES string of the molecule is SCC1=CSC(c2ccccc2-c2ccccc2C2SC=C(CS)S2)S1. The average molecular weight is 451 g/mol. The standard InChI is InChI=1S/C20H18S6/c21-9-13-11-23-19(25-13)17-7-3-1-5-15(17)16-6-2-4-8-18(16)20-24-12-14(10-22)26-20/h1-8,11-12,19-22H,9-10H2. The highest BCUT2D eigenvalue weighted by atomic mass is 32.2. The number of hydrogen-bond donors (Lipinski definition) is 2. The van der Waals surface area contributed by atoms with E-state index in [1.54, 1.807) is 0 Å². The highest BCUT2D eigenvalue weighted by Gasteiger charge is 2.26. The molecule has 2 unspecified atom stereocenters. The molecule has 2 heterocycles. The van der Waals surface area contributed by atoms with Gasteiger partial charge in [0, 0.05) is 21.3 Å². The second-order valence-corrected chi connectivity index (χ2v) is 11.5. The fourth-order valence-corrected chi connectivity index (χ4v) is 8.94. The van der Waals surface area contributed by atoms with Gasteiger partial charge in [-0.3, -0.25) is 0 Å². The second kappa shape index (κ2) is 9.01. The normalized spacial score (nSPS) is 22.4. The Hall–Kier alpha value is 0.0200. The zero-order valence-corrected chi connectivity index (χ0v) is 18.9. The first-order valence-electron chi connectivity index (χ1n) is 8.22. The molecule has 0 spiro atoms. The Morgan fingerprint density at radius 1 is 0.654 bits per heavy atom. The largest absolute Gasteiger partial charge is 0.174 e. The maximum Gasteiger partial charge on any atom is 0.0843 e. The molecule has 134 valence electrons. The predicted octanol–water partition coefficient (Wildman–Crippen LogP) is 7.85. The van der Waals surface area contributed by atoms with E-state index in [4.69, 9.17) is 0 Å². The molecule has 0 bridgehead atoms. The third-order valence-corrected chi connectivity index (χ3v) is 10.8. The molecule has 2 aromatic carbocycles. The van der Waals surface area contributed by atoms with Gasteiger partial charge >= 0.3 is 0 Å². The summed E-state index contributed by atoms with van der Waals surface area (Å²) >= 11 is 16.5. The molecule has 4 rings (SSSR count). The van der Waals surface area contributed by atoms with Crippen LogP contribution in [0.5, 0.6) is 0 Å². The van der Waals surface area contributed by atoms with E-state index >= 15 is 0 Å². The van der Waals surface area contributed by atoms with Crippen LogP contribution in [0.3, 0.4) is 0 Å². The highest BCUT2D eigenvalue weighted by Crippen LogP contribution is 2.56. The minimum absolute atomic E-state index is 0.413. The molecule has 0 aliphatic carbocycles. The maximum atomic E-state index is 4.44. The summed E-state index contributed by atoms with van der Waals surface area (Å²) in [6, 6.07) is 17.7. The van der Waals surface area contributed by atoms with Crippen molar-refractivity contribution in [2.75, 3.05) is 11.5 Å². The summed E-state index contributed by atoms with van der Waals surface area (Å²) in [6.45, 7) is 0. The van der Waals surface area contributed by atoms with Crippen LogP contribution in [0.2, 0.25) is 0 Å². The monoisotopic (exact) mass is 450 g/mol. The van der Waals surface area contributed by atoms with Crippen molar-refractivity contribution in [3.05, 3.63) is 80.3 Å². The quantitative estimate of drug-likeness (QED) is 0.445. The van der Waals surface area contributed by atoms with Crippen LogP contribution in [-0.4, -0.2) is 11.5 Å². The molecule has 2 aliphatic heterocycles. The van der Waals surface area contributed by atoms with Gasteiger partial charge in [0.1, 0.15) is 0 Å². The lowest BCUT2D eigenvalue weighted by atomic mass is 9.96. The summed E-state index contributed by atoms with van der Waals surface area (Å²) in [6.07, 6.45) is 0. The summed E-state index contributed by atoms with van der Waals surface area (Å²) in [4.78, 5) is 2.71. The van der Waals surface area contributed by atoms with Crippen molar-refractivity contribution in [3.63, 3.8) is 0 Å². The van der Waals surface area contributed by atoms with Crippen LogP contribution in [0, 0.1) is 0 Å². The van der Waals surface area contributed by atoms with Crippen molar-refractivity contribution in [1.82, 2.24) is 0 Å². The molecular weight excluding hydrogens is 433 g/mol. The van der Waals surface area contributed by atoms with Gasteiger partial charge in [-0.25, -0.2) is 0 Å². The summed E-state index contributed by atoms with van der Waals surface area (Å²) < 4.78 is 0.827. The molecule has 0 fully saturated rings. The topological polar surface area (TPSA) is 0 Å². The van der Waals surface area contributed by atoms with Crippen LogP contribution in [0.4, 0.5) is 0 Å². The fourth-order valence-electron chi connectivity index (χ4n) is 2.98. The number of hydrogen-bond acceptors (Lipinski definition) is 6. The molecule has 2 atom stereocenters. The molecule has 26 heavy (non-hydrogen) atoms. The Bertz CT molecular complexity index is 785. The van der Waals surface area contributed by atoms with E-state index in [0.717, 1.165) is 11.5 Å². The van der Waals surface area contributed by atoms with Crippen molar-refractivity contribution < 1.29 is 0 Å². The fraction of sp³-hybridized carbons (Fsp3) is 0.200. The molecule has 0 aromatic heterocycles. The van der Waals surface area contributed by atoms with Gasteiger partial charge in [-0.05, 0) is 33.1 Å². The average Bonchev–Trinajstić information content (AvgIpc) is 3.37.